The van der Waals surface area contributed by atoms with Crippen LogP contribution in [0.5, 0.6) is 5.75 Å². The van der Waals surface area contributed by atoms with Crippen molar-refractivity contribution in [2.24, 2.45) is 5.92 Å². The summed E-state index contributed by atoms with van der Waals surface area (Å²) in [5.74, 6) is -2.35. The number of benzene rings is 1. The maximum absolute atomic E-state index is 12.6. The lowest BCUT2D eigenvalue weighted by atomic mass is 9.92. The Morgan fingerprint density at radius 1 is 1.39 bits per heavy atom. The van der Waals surface area contributed by atoms with E-state index in [-0.39, 0.29) is 18.5 Å². The van der Waals surface area contributed by atoms with Gasteiger partial charge in [-0.15, -0.1) is 0 Å². The molecule has 2 rings (SSSR count). The van der Waals surface area contributed by atoms with Gasteiger partial charge in [-0.1, -0.05) is 0 Å². The molecule has 2 amide bonds. The Kier molecular flexibility index (Phi) is 4.67. The fourth-order valence-corrected chi connectivity index (χ4v) is 2.35. The number of anilines is 2. The summed E-state index contributed by atoms with van der Waals surface area (Å²) in [5.41, 5.74) is 6.32. The van der Waals surface area contributed by atoms with Gasteiger partial charge in [-0.3, -0.25) is 9.59 Å². The Labute approximate surface area is 130 Å². The maximum Gasteiger partial charge on any atom is 0.408 e. The highest BCUT2D eigenvalue weighted by atomic mass is 19.4. The SMILES string of the molecule is COc1ccc(NC(=O)C2CCC(C(F)(F)F)NC2=O)cc1N. The van der Waals surface area contributed by atoms with Crippen molar-refractivity contribution >= 4 is 23.2 Å². The molecule has 1 heterocycles. The van der Waals surface area contributed by atoms with Crippen LogP contribution in [0.15, 0.2) is 18.2 Å². The predicted molar refractivity (Wildman–Crippen MR) is 76.7 cm³/mol. The van der Waals surface area contributed by atoms with Crippen LogP contribution >= 0.6 is 0 Å². The van der Waals surface area contributed by atoms with Gasteiger partial charge in [0.05, 0.1) is 12.8 Å². The first-order chi connectivity index (χ1) is 10.7. The summed E-state index contributed by atoms with van der Waals surface area (Å²) in [6.07, 6.45) is -5.02. The lowest BCUT2D eigenvalue weighted by molar-refractivity contribution is -0.170. The summed E-state index contributed by atoms with van der Waals surface area (Å²) in [5, 5.41) is 4.30. The van der Waals surface area contributed by atoms with Gasteiger partial charge in [-0.2, -0.15) is 13.2 Å². The van der Waals surface area contributed by atoms with E-state index in [2.05, 4.69) is 5.32 Å². The molecule has 1 saturated heterocycles. The zero-order valence-corrected chi connectivity index (χ0v) is 12.2. The molecule has 1 fully saturated rings. The number of alkyl halides is 3. The van der Waals surface area contributed by atoms with Crippen LogP contribution < -0.4 is 21.1 Å². The van der Waals surface area contributed by atoms with Crippen LogP contribution in [0.25, 0.3) is 0 Å². The maximum atomic E-state index is 12.6. The summed E-state index contributed by atoms with van der Waals surface area (Å²) in [6, 6.07) is 2.59. The third kappa shape index (κ3) is 3.85. The third-order valence-corrected chi connectivity index (χ3v) is 3.59. The van der Waals surface area contributed by atoms with Gasteiger partial charge in [0.15, 0.2) is 0 Å². The molecule has 0 aliphatic carbocycles. The van der Waals surface area contributed by atoms with Crippen molar-refractivity contribution in [2.75, 3.05) is 18.2 Å². The van der Waals surface area contributed by atoms with Crippen molar-refractivity contribution in [1.29, 1.82) is 0 Å². The molecule has 0 saturated carbocycles. The van der Waals surface area contributed by atoms with Crippen LogP contribution in [0.4, 0.5) is 24.5 Å². The summed E-state index contributed by atoms with van der Waals surface area (Å²) >= 11 is 0. The molecule has 1 aliphatic heterocycles. The number of hydrogen-bond donors (Lipinski definition) is 3. The fraction of sp³-hybridized carbons (Fsp3) is 0.429. The summed E-state index contributed by atoms with van der Waals surface area (Å²) in [4.78, 5) is 23.8. The minimum Gasteiger partial charge on any atom is -0.495 e. The van der Waals surface area contributed by atoms with E-state index in [1.54, 1.807) is 0 Å². The van der Waals surface area contributed by atoms with Crippen molar-refractivity contribution in [3.05, 3.63) is 18.2 Å². The minimum absolute atomic E-state index is 0.173. The number of nitrogen functional groups attached to an aromatic ring is 1. The molecule has 6 nitrogen and oxygen atoms in total. The molecular weight excluding hydrogens is 315 g/mol. The molecule has 126 valence electrons. The monoisotopic (exact) mass is 331 g/mol. The van der Waals surface area contributed by atoms with Gasteiger partial charge in [-0.25, -0.2) is 0 Å². The predicted octanol–water partition coefficient (Wildman–Crippen LogP) is 1.67. The van der Waals surface area contributed by atoms with Crippen LogP contribution in [0.2, 0.25) is 0 Å². The Hall–Kier alpha value is -2.45. The molecule has 0 spiro atoms. The van der Waals surface area contributed by atoms with Crippen LogP contribution in [0.3, 0.4) is 0 Å². The Balaban J connectivity index is 2.02. The zero-order valence-electron chi connectivity index (χ0n) is 12.2. The van der Waals surface area contributed by atoms with E-state index < -0.39 is 30.0 Å². The topological polar surface area (TPSA) is 93.5 Å². The molecule has 4 N–H and O–H groups in total. The lowest BCUT2D eigenvalue weighted by Crippen LogP contribution is -2.53. The van der Waals surface area contributed by atoms with E-state index in [0.29, 0.717) is 11.4 Å². The van der Waals surface area contributed by atoms with Gasteiger partial charge >= 0.3 is 6.18 Å². The zero-order chi connectivity index (χ0) is 17.2. The van der Waals surface area contributed by atoms with E-state index >= 15 is 0 Å². The van der Waals surface area contributed by atoms with Crippen molar-refractivity contribution < 1.29 is 27.5 Å². The number of nitrogens with two attached hydrogens (primary N) is 1. The molecule has 0 aromatic heterocycles. The van der Waals surface area contributed by atoms with Gasteiger partial charge in [0.25, 0.3) is 0 Å². The molecular formula is C14H16F3N3O3. The van der Waals surface area contributed by atoms with E-state index in [4.69, 9.17) is 10.5 Å². The second-order valence-electron chi connectivity index (χ2n) is 5.18. The largest absolute Gasteiger partial charge is 0.495 e. The number of nitrogens with one attached hydrogen (secondary N) is 2. The number of amides is 2. The van der Waals surface area contributed by atoms with Crippen molar-refractivity contribution in [2.45, 2.75) is 25.1 Å². The first kappa shape index (κ1) is 16.9. The van der Waals surface area contributed by atoms with Crippen molar-refractivity contribution in [1.82, 2.24) is 5.32 Å². The standard InChI is InChI=1S/C14H16F3N3O3/c1-23-10-4-2-7(6-9(10)18)19-12(21)8-3-5-11(14(15,16)17)20-13(8)22/h2,4,6,8,11H,3,5,18H2,1H3,(H,19,21)(H,20,22). The second kappa shape index (κ2) is 6.35. The van der Waals surface area contributed by atoms with Gasteiger partial charge < -0.3 is 21.1 Å². The Morgan fingerprint density at radius 2 is 2.09 bits per heavy atom. The van der Waals surface area contributed by atoms with Gasteiger partial charge in [-0.05, 0) is 31.0 Å². The molecule has 1 aliphatic rings. The molecule has 2 unspecified atom stereocenters. The van der Waals surface area contributed by atoms with E-state index in [1.807, 2.05) is 5.32 Å². The summed E-state index contributed by atoms with van der Waals surface area (Å²) in [7, 11) is 1.44. The number of methoxy groups -OCH3 is 1. The smallest absolute Gasteiger partial charge is 0.408 e. The number of ether oxygens (including phenoxy) is 1. The molecule has 9 heteroatoms. The first-order valence-electron chi connectivity index (χ1n) is 6.84. The Morgan fingerprint density at radius 3 is 2.61 bits per heavy atom. The molecule has 0 bridgehead atoms. The van der Waals surface area contributed by atoms with Crippen molar-refractivity contribution in [3.63, 3.8) is 0 Å². The minimum atomic E-state index is -4.51. The first-order valence-corrected chi connectivity index (χ1v) is 6.84. The van der Waals surface area contributed by atoms with Gasteiger partial charge in [0.1, 0.15) is 17.7 Å². The average molecular weight is 331 g/mol. The highest BCUT2D eigenvalue weighted by Crippen LogP contribution is 2.29. The van der Waals surface area contributed by atoms with Crippen molar-refractivity contribution in [3.8, 4) is 5.75 Å². The number of hydrogen-bond acceptors (Lipinski definition) is 4. The molecule has 1 aromatic rings. The second-order valence-corrected chi connectivity index (χ2v) is 5.18. The van der Waals surface area contributed by atoms with Crippen LogP contribution in [-0.2, 0) is 9.59 Å². The third-order valence-electron chi connectivity index (χ3n) is 3.59. The number of carbonyl (C=O) groups excluding carboxylic acids is 2. The average Bonchev–Trinajstić information content (AvgIpc) is 2.46. The fourth-order valence-electron chi connectivity index (χ4n) is 2.35. The van der Waals surface area contributed by atoms with Gasteiger partial charge in [0, 0.05) is 5.69 Å². The van der Waals surface area contributed by atoms with E-state index in [0.717, 1.165) is 0 Å². The van der Waals surface area contributed by atoms with Crippen LogP contribution in [-0.4, -0.2) is 31.1 Å². The normalized spacial score (nSPS) is 21.5. The lowest BCUT2D eigenvalue weighted by Gasteiger charge is -2.29. The molecule has 23 heavy (non-hydrogen) atoms. The highest BCUT2D eigenvalue weighted by molar-refractivity contribution is 6.07. The molecule has 1 aromatic carbocycles. The Bertz CT molecular complexity index is 619. The number of rotatable bonds is 3. The summed E-state index contributed by atoms with van der Waals surface area (Å²) < 4.78 is 42.7. The highest BCUT2D eigenvalue weighted by Gasteiger charge is 2.45. The number of halogens is 3. The molecule has 0 radical (unpaired) electrons. The number of carbonyl (C=O) groups is 2. The quantitative estimate of drug-likeness (QED) is 0.580. The van der Waals surface area contributed by atoms with Crippen LogP contribution in [0.1, 0.15) is 12.8 Å². The van der Waals surface area contributed by atoms with E-state index in [1.165, 1.54) is 25.3 Å². The van der Waals surface area contributed by atoms with Gasteiger partial charge in [0.2, 0.25) is 11.8 Å². The number of piperidine rings is 1. The van der Waals surface area contributed by atoms with Crippen LogP contribution in [0, 0.1) is 5.92 Å². The van der Waals surface area contributed by atoms with E-state index in [9.17, 15) is 22.8 Å². The summed E-state index contributed by atoms with van der Waals surface area (Å²) in [6.45, 7) is 0. The molecule has 2 atom stereocenters.